The third-order valence-corrected chi connectivity index (χ3v) is 1.93. The lowest BCUT2D eigenvalue weighted by atomic mass is 10.3. The molecule has 0 aromatic carbocycles. The number of ether oxygens (including phenoxy) is 1. The van der Waals surface area contributed by atoms with E-state index < -0.39 is 6.03 Å². The number of urea groups is 1. The Morgan fingerprint density at radius 2 is 2.41 bits per heavy atom. The Morgan fingerprint density at radius 3 is 2.88 bits per heavy atom. The van der Waals surface area contributed by atoms with E-state index >= 15 is 0 Å². The second-order valence-corrected chi connectivity index (χ2v) is 2.98. The van der Waals surface area contributed by atoms with Crippen molar-refractivity contribution in [2.24, 2.45) is 0 Å². The average Bonchev–Trinajstić information content (AvgIpc) is 2.35. The maximum atomic E-state index is 11.4. The number of rotatable bonds is 3. The van der Waals surface area contributed by atoms with Gasteiger partial charge in [0.15, 0.2) is 6.54 Å². The molecule has 0 saturated carbocycles. The minimum absolute atomic E-state index is 0.0566. The molecule has 90 valence electrons. The topological polar surface area (TPSA) is 99.9 Å². The summed E-state index contributed by atoms with van der Waals surface area (Å²) in [5, 5.41) is 14.3. The number of diazo groups is 1. The quantitative estimate of drug-likeness (QED) is 0.613. The number of hydrogen-bond acceptors (Lipinski definition) is 5. The van der Waals surface area contributed by atoms with Crippen LogP contribution in [-0.4, -0.2) is 25.2 Å². The summed E-state index contributed by atoms with van der Waals surface area (Å²) in [5.74, 6) is 0.221. The van der Waals surface area contributed by atoms with E-state index in [1.54, 1.807) is 0 Å². The zero-order chi connectivity index (χ0) is 12.8. The molecule has 0 spiro atoms. The molecule has 0 bridgehead atoms. The third kappa shape index (κ3) is 2.94. The van der Waals surface area contributed by atoms with Gasteiger partial charge in [0.05, 0.1) is 12.1 Å². The predicted molar refractivity (Wildman–Crippen MR) is 56.6 cm³/mol. The Hall–Kier alpha value is -2.56. The van der Waals surface area contributed by atoms with Crippen LogP contribution in [0.15, 0.2) is 21.5 Å². The molecular weight excluding hydrogens is 228 g/mol. The molecule has 2 amide bonds. The van der Waals surface area contributed by atoms with Crippen LogP contribution in [0.3, 0.4) is 0 Å². The van der Waals surface area contributed by atoms with Crippen molar-refractivity contribution in [3.8, 4) is 5.75 Å². The number of hydrogen-bond donors (Lipinski definition) is 1. The largest absolute Gasteiger partial charge is 0.490 e. The molecule has 1 N–H and O–H groups in total. The molecule has 8 heteroatoms. The van der Waals surface area contributed by atoms with Crippen molar-refractivity contribution in [1.29, 1.82) is 5.39 Å². The Morgan fingerprint density at radius 1 is 1.71 bits per heavy atom. The Labute approximate surface area is 96.4 Å². The first-order chi connectivity index (χ1) is 8.12. The standard InChI is InChI=1S/C9H10N4O4/c1-11-9(15)13(12-10)4-6-3-7(14)8(16-2)5-17-6/h3,5H,4H2,1-2H3/p+1. The van der Waals surface area contributed by atoms with Crippen LogP contribution in [0, 0.1) is 5.39 Å². The first-order valence-electron chi connectivity index (χ1n) is 4.62. The number of carbonyl (C=O) groups is 1. The van der Waals surface area contributed by atoms with E-state index in [0.717, 1.165) is 12.3 Å². The van der Waals surface area contributed by atoms with Gasteiger partial charge in [0.25, 0.3) is 5.39 Å². The van der Waals surface area contributed by atoms with Gasteiger partial charge in [-0.2, -0.15) is 0 Å². The van der Waals surface area contributed by atoms with Gasteiger partial charge in [-0.15, -0.1) is 0 Å². The molecule has 0 radical (unpaired) electrons. The van der Waals surface area contributed by atoms with E-state index in [1.165, 1.54) is 14.2 Å². The predicted octanol–water partition coefficient (Wildman–Crippen LogP) is 0.558. The van der Waals surface area contributed by atoms with Crippen LogP contribution in [0.1, 0.15) is 5.76 Å². The van der Waals surface area contributed by atoms with Gasteiger partial charge in [0.1, 0.15) is 12.0 Å². The molecule has 0 fully saturated rings. The maximum absolute atomic E-state index is 11.4. The van der Waals surface area contributed by atoms with Crippen LogP contribution in [0.25, 0.3) is 5.08 Å². The Balaban J connectivity index is 2.89. The smallest absolute Gasteiger partial charge is 0.390 e. The highest BCUT2D eigenvalue weighted by atomic mass is 16.5. The first kappa shape index (κ1) is 12.5. The minimum Gasteiger partial charge on any atom is -0.490 e. The summed E-state index contributed by atoms with van der Waals surface area (Å²) in [6, 6.07) is 0.519. The summed E-state index contributed by atoms with van der Waals surface area (Å²) in [6.07, 6.45) is 1.12. The molecular formula is C9H11N4O4+. The number of methoxy groups -OCH3 is 1. The summed E-state index contributed by atoms with van der Waals surface area (Å²) < 4.78 is 9.77. The van der Waals surface area contributed by atoms with Crippen molar-refractivity contribution < 1.29 is 13.9 Å². The van der Waals surface area contributed by atoms with E-state index in [-0.39, 0.29) is 23.5 Å². The summed E-state index contributed by atoms with van der Waals surface area (Å²) in [6.45, 7) is -0.171. The molecule has 0 atom stereocenters. The minimum atomic E-state index is -0.633. The highest BCUT2D eigenvalue weighted by molar-refractivity contribution is 5.74. The molecule has 17 heavy (non-hydrogen) atoms. The van der Waals surface area contributed by atoms with Gasteiger partial charge in [-0.1, -0.05) is 0 Å². The Kier molecular flexibility index (Phi) is 4.05. The fourth-order valence-electron chi connectivity index (χ4n) is 1.09. The van der Waals surface area contributed by atoms with E-state index in [9.17, 15) is 9.59 Å². The molecule has 8 nitrogen and oxygen atoms in total. The van der Waals surface area contributed by atoms with Gasteiger partial charge in [-0.05, 0) is 0 Å². The van der Waals surface area contributed by atoms with Crippen LogP contribution in [0.4, 0.5) is 4.79 Å². The van der Waals surface area contributed by atoms with Crippen LogP contribution in [-0.2, 0) is 6.54 Å². The van der Waals surface area contributed by atoms with E-state index in [0.29, 0.717) is 5.01 Å². The van der Waals surface area contributed by atoms with Crippen LogP contribution < -0.4 is 15.5 Å². The molecule has 1 aromatic heterocycles. The zero-order valence-corrected chi connectivity index (χ0v) is 9.34. The van der Waals surface area contributed by atoms with Gasteiger partial charge in [0.2, 0.25) is 11.2 Å². The van der Waals surface area contributed by atoms with Crippen LogP contribution in [0.5, 0.6) is 5.75 Å². The molecule has 0 saturated heterocycles. The third-order valence-electron chi connectivity index (χ3n) is 1.93. The van der Waals surface area contributed by atoms with Gasteiger partial charge in [-0.3, -0.25) is 4.79 Å². The number of amides is 2. The first-order valence-corrected chi connectivity index (χ1v) is 4.62. The maximum Gasteiger partial charge on any atom is 0.390 e. The van der Waals surface area contributed by atoms with Gasteiger partial charge in [0, 0.05) is 13.1 Å². The molecule has 0 aliphatic heterocycles. The highest BCUT2D eigenvalue weighted by Crippen LogP contribution is 2.08. The number of carbonyl (C=O) groups excluding carboxylic acids is 1. The van der Waals surface area contributed by atoms with Crippen molar-refractivity contribution in [2.45, 2.75) is 6.54 Å². The van der Waals surface area contributed by atoms with Crippen molar-refractivity contribution in [1.82, 2.24) is 10.3 Å². The molecule has 1 rings (SSSR count). The fourth-order valence-corrected chi connectivity index (χ4v) is 1.09. The summed E-state index contributed by atoms with van der Waals surface area (Å²) >= 11 is 0. The second kappa shape index (κ2) is 5.50. The second-order valence-electron chi connectivity index (χ2n) is 2.98. The monoisotopic (exact) mass is 239 g/mol. The van der Waals surface area contributed by atoms with Crippen molar-refractivity contribution in [2.75, 3.05) is 14.2 Å². The summed E-state index contributed by atoms with van der Waals surface area (Å²) in [5.41, 5.74) is -0.386. The van der Waals surface area contributed by atoms with Crippen molar-refractivity contribution in [3.63, 3.8) is 0 Å². The van der Waals surface area contributed by atoms with Gasteiger partial charge < -0.3 is 14.5 Å². The van der Waals surface area contributed by atoms with E-state index in [4.69, 9.17) is 14.5 Å². The van der Waals surface area contributed by atoms with Gasteiger partial charge >= 0.3 is 11.1 Å². The fraction of sp³-hybridized carbons (Fsp3) is 0.333. The molecule has 0 unspecified atom stereocenters. The highest BCUT2D eigenvalue weighted by Gasteiger charge is 2.24. The zero-order valence-electron chi connectivity index (χ0n) is 9.34. The average molecular weight is 239 g/mol. The number of nitrogens with one attached hydrogen (secondary N) is 1. The lowest BCUT2D eigenvalue weighted by Crippen LogP contribution is -2.32. The van der Waals surface area contributed by atoms with Crippen LogP contribution >= 0.6 is 0 Å². The normalized spacial score (nSPS) is 9.24. The van der Waals surface area contributed by atoms with Gasteiger partial charge in [-0.25, -0.2) is 4.79 Å². The molecule has 0 aliphatic rings. The van der Waals surface area contributed by atoms with E-state index in [1.807, 2.05) is 0 Å². The summed E-state index contributed by atoms with van der Waals surface area (Å²) in [7, 11) is 2.72. The number of nitrogens with zero attached hydrogens (tertiary/aromatic N) is 3. The molecule has 0 aliphatic carbocycles. The summed E-state index contributed by atoms with van der Waals surface area (Å²) in [4.78, 5) is 22.6. The lowest BCUT2D eigenvalue weighted by molar-refractivity contribution is 0.210. The SMILES string of the molecule is CNC(=O)N(Cc1cc(=O)c(OC)co1)[N+]#N. The molecule has 1 aromatic rings. The van der Waals surface area contributed by atoms with Crippen molar-refractivity contribution in [3.05, 3.63) is 33.4 Å². The Bertz CT molecular complexity index is 504. The van der Waals surface area contributed by atoms with Crippen molar-refractivity contribution >= 4 is 6.03 Å². The van der Waals surface area contributed by atoms with E-state index in [2.05, 4.69) is 10.4 Å². The molecule has 1 heterocycles. The van der Waals surface area contributed by atoms with Crippen LogP contribution in [0.2, 0.25) is 0 Å². The lowest BCUT2D eigenvalue weighted by Gasteiger charge is -2.02.